The lowest BCUT2D eigenvalue weighted by Crippen LogP contribution is -2.41. The van der Waals surface area contributed by atoms with Gasteiger partial charge in [-0.25, -0.2) is 4.79 Å². The highest BCUT2D eigenvalue weighted by Crippen LogP contribution is 2.36. The second-order valence-electron chi connectivity index (χ2n) is 5.34. The second kappa shape index (κ2) is 8.63. The minimum absolute atomic E-state index is 0.493. The molecule has 1 atom stereocenters. The van der Waals surface area contributed by atoms with Crippen molar-refractivity contribution in [1.29, 1.82) is 0 Å². The predicted molar refractivity (Wildman–Crippen MR) is 96.4 cm³/mol. The number of aliphatic carboxylic acids is 1. The van der Waals surface area contributed by atoms with Gasteiger partial charge in [-0.05, 0) is 37.1 Å². The van der Waals surface area contributed by atoms with Crippen LogP contribution in [-0.2, 0) is 4.79 Å². The first-order chi connectivity index (χ1) is 11.2. The van der Waals surface area contributed by atoms with E-state index in [-0.39, 0.29) is 0 Å². The molecule has 3 nitrogen and oxygen atoms in total. The molecule has 2 aromatic rings. The molecule has 2 aromatic carbocycles. The molecule has 0 spiro atoms. The molecule has 0 saturated heterocycles. The standard InChI is InChI=1S/C19H23NO2S/c1-3-14-20(16(4-2)19(21)22)17-12-8-9-13-18(17)23-15-10-6-5-7-11-15/h5-13,16H,3-4,14H2,1-2H3,(H,21,22). The Morgan fingerprint density at radius 1 is 1.09 bits per heavy atom. The van der Waals surface area contributed by atoms with Gasteiger partial charge in [0.2, 0.25) is 0 Å². The molecule has 0 aliphatic carbocycles. The number of nitrogens with zero attached hydrogens (tertiary/aromatic N) is 1. The molecule has 0 amide bonds. The van der Waals surface area contributed by atoms with Crippen LogP contribution in [0.25, 0.3) is 0 Å². The summed E-state index contributed by atoms with van der Waals surface area (Å²) in [6.45, 7) is 4.74. The monoisotopic (exact) mass is 329 g/mol. The summed E-state index contributed by atoms with van der Waals surface area (Å²) in [6, 6.07) is 17.7. The zero-order valence-corrected chi connectivity index (χ0v) is 14.4. The molecule has 0 radical (unpaired) electrons. The summed E-state index contributed by atoms with van der Waals surface area (Å²) in [5.74, 6) is -0.763. The van der Waals surface area contributed by atoms with Crippen molar-refractivity contribution in [2.45, 2.75) is 42.5 Å². The molecule has 122 valence electrons. The van der Waals surface area contributed by atoms with E-state index in [0.29, 0.717) is 6.42 Å². The quantitative estimate of drug-likeness (QED) is 0.746. The van der Waals surface area contributed by atoms with Gasteiger partial charge in [-0.1, -0.05) is 55.9 Å². The van der Waals surface area contributed by atoms with Crippen molar-refractivity contribution in [1.82, 2.24) is 0 Å². The number of benzene rings is 2. The molecule has 0 saturated carbocycles. The predicted octanol–water partition coefficient (Wildman–Crippen LogP) is 4.92. The molecule has 0 aliphatic rings. The van der Waals surface area contributed by atoms with Crippen molar-refractivity contribution in [3.05, 3.63) is 54.6 Å². The van der Waals surface area contributed by atoms with Crippen LogP contribution in [0, 0.1) is 0 Å². The Morgan fingerprint density at radius 3 is 2.35 bits per heavy atom. The van der Waals surface area contributed by atoms with E-state index in [2.05, 4.69) is 25.1 Å². The highest BCUT2D eigenvalue weighted by atomic mass is 32.2. The first-order valence-corrected chi connectivity index (χ1v) is 8.80. The Kier molecular flexibility index (Phi) is 6.53. The van der Waals surface area contributed by atoms with Gasteiger partial charge >= 0.3 is 5.97 Å². The van der Waals surface area contributed by atoms with E-state index in [1.54, 1.807) is 11.8 Å². The molecule has 0 fully saturated rings. The normalized spacial score (nSPS) is 11.9. The lowest BCUT2D eigenvalue weighted by Gasteiger charge is -2.31. The Hall–Kier alpha value is -1.94. The molecule has 0 aliphatic heterocycles. The van der Waals surface area contributed by atoms with E-state index in [9.17, 15) is 9.90 Å². The summed E-state index contributed by atoms with van der Waals surface area (Å²) in [5, 5.41) is 9.56. The Balaban J connectivity index is 2.37. The molecule has 0 bridgehead atoms. The fourth-order valence-corrected chi connectivity index (χ4v) is 3.59. The highest BCUT2D eigenvalue weighted by Gasteiger charge is 2.25. The van der Waals surface area contributed by atoms with E-state index >= 15 is 0 Å². The van der Waals surface area contributed by atoms with Crippen molar-refractivity contribution >= 4 is 23.4 Å². The van der Waals surface area contributed by atoms with Crippen molar-refractivity contribution in [2.24, 2.45) is 0 Å². The molecular formula is C19H23NO2S. The number of hydrogen-bond acceptors (Lipinski definition) is 3. The van der Waals surface area contributed by atoms with Gasteiger partial charge in [0.15, 0.2) is 0 Å². The van der Waals surface area contributed by atoms with Gasteiger partial charge in [0.25, 0.3) is 0 Å². The molecule has 23 heavy (non-hydrogen) atoms. The van der Waals surface area contributed by atoms with E-state index in [1.807, 2.05) is 48.2 Å². The fourth-order valence-electron chi connectivity index (χ4n) is 2.61. The van der Waals surface area contributed by atoms with Crippen LogP contribution in [0.2, 0.25) is 0 Å². The Bertz CT molecular complexity index is 630. The summed E-state index contributed by atoms with van der Waals surface area (Å²) in [6.07, 6.45) is 1.49. The summed E-state index contributed by atoms with van der Waals surface area (Å²) < 4.78 is 0. The van der Waals surface area contributed by atoms with Gasteiger partial charge in [0.1, 0.15) is 6.04 Å². The SMILES string of the molecule is CCCN(c1ccccc1Sc1ccccc1)C(CC)C(=O)O. The van der Waals surface area contributed by atoms with E-state index in [4.69, 9.17) is 0 Å². The number of anilines is 1. The number of hydrogen-bond donors (Lipinski definition) is 1. The number of para-hydroxylation sites is 1. The maximum absolute atomic E-state index is 11.6. The number of carbonyl (C=O) groups is 1. The van der Waals surface area contributed by atoms with Crippen LogP contribution >= 0.6 is 11.8 Å². The molecule has 2 rings (SSSR count). The topological polar surface area (TPSA) is 40.5 Å². The van der Waals surface area contributed by atoms with E-state index in [0.717, 1.165) is 28.4 Å². The largest absolute Gasteiger partial charge is 0.480 e. The van der Waals surface area contributed by atoms with Crippen molar-refractivity contribution in [3.63, 3.8) is 0 Å². The van der Waals surface area contributed by atoms with Crippen LogP contribution in [0.4, 0.5) is 5.69 Å². The maximum Gasteiger partial charge on any atom is 0.326 e. The fraction of sp³-hybridized carbons (Fsp3) is 0.316. The third-order valence-corrected chi connectivity index (χ3v) is 4.73. The third kappa shape index (κ3) is 4.52. The van der Waals surface area contributed by atoms with Gasteiger partial charge in [0.05, 0.1) is 5.69 Å². The van der Waals surface area contributed by atoms with Crippen molar-refractivity contribution < 1.29 is 9.90 Å². The molecule has 0 aromatic heterocycles. The number of rotatable bonds is 8. The highest BCUT2D eigenvalue weighted by molar-refractivity contribution is 7.99. The van der Waals surface area contributed by atoms with Gasteiger partial charge in [0, 0.05) is 16.3 Å². The van der Waals surface area contributed by atoms with Crippen LogP contribution in [0.5, 0.6) is 0 Å². The van der Waals surface area contributed by atoms with Crippen LogP contribution in [0.1, 0.15) is 26.7 Å². The van der Waals surface area contributed by atoms with Crippen LogP contribution in [0.15, 0.2) is 64.4 Å². The summed E-state index contributed by atoms with van der Waals surface area (Å²) in [7, 11) is 0. The zero-order chi connectivity index (χ0) is 16.7. The van der Waals surface area contributed by atoms with Gasteiger partial charge in [-0.15, -0.1) is 0 Å². The van der Waals surface area contributed by atoms with Gasteiger partial charge < -0.3 is 10.0 Å². The third-order valence-electron chi connectivity index (χ3n) is 3.66. The molecule has 4 heteroatoms. The smallest absolute Gasteiger partial charge is 0.326 e. The van der Waals surface area contributed by atoms with Crippen LogP contribution in [-0.4, -0.2) is 23.7 Å². The summed E-state index contributed by atoms with van der Waals surface area (Å²) >= 11 is 1.67. The second-order valence-corrected chi connectivity index (χ2v) is 6.45. The zero-order valence-electron chi connectivity index (χ0n) is 13.6. The summed E-state index contributed by atoms with van der Waals surface area (Å²) in [4.78, 5) is 15.9. The summed E-state index contributed by atoms with van der Waals surface area (Å²) in [5.41, 5.74) is 0.998. The molecule has 1 N–H and O–H groups in total. The average Bonchev–Trinajstić information content (AvgIpc) is 2.56. The minimum Gasteiger partial charge on any atom is -0.480 e. The minimum atomic E-state index is -0.763. The maximum atomic E-state index is 11.6. The first-order valence-electron chi connectivity index (χ1n) is 7.98. The van der Waals surface area contributed by atoms with E-state index < -0.39 is 12.0 Å². The van der Waals surface area contributed by atoms with Crippen LogP contribution in [0.3, 0.4) is 0 Å². The van der Waals surface area contributed by atoms with Gasteiger partial charge in [-0.3, -0.25) is 0 Å². The van der Waals surface area contributed by atoms with Gasteiger partial charge in [-0.2, -0.15) is 0 Å². The number of carboxylic acids is 1. The van der Waals surface area contributed by atoms with Crippen molar-refractivity contribution in [2.75, 3.05) is 11.4 Å². The number of carboxylic acid groups (broad SMARTS) is 1. The molecular weight excluding hydrogens is 306 g/mol. The van der Waals surface area contributed by atoms with Crippen molar-refractivity contribution in [3.8, 4) is 0 Å². The Labute approximate surface area is 142 Å². The lowest BCUT2D eigenvalue weighted by atomic mass is 10.1. The Morgan fingerprint density at radius 2 is 1.74 bits per heavy atom. The average molecular weight is 329 g/mol. The molecule has 0 heterocycles. The van der Waals surface area contributed by atoms with E-state index in [1.165, 1.54) is 0 Å². The lowest BCUT2D eigenvalue weighted by molar-refractivity contribution is -0.138. The van der Waals surface area contributed by atoms with Crippen LogP contribution < -0.4 is 4.90 Å². The molecule has 1 unspecified atom stereocenters. The first kappa shape index (κ1) is 17.4.